The Labute approximate surface area is 122 Å². The molecule has 0 unspecified atom stereocenters. The quantitative estimate of drug-likeness (QED) is 0.914. The second-order valence-electron chi connectivity index (χ2n) is 4.53. The first-order valence-corrected chi connectivity index (χ1v) is 6.79. The summed E-state index contributed by atoms with van der Waals surface area (Å²) >= 11 is 5.82. The van der Waals surface area contributed by atoms with Gasteiger partial charge in [0.1, 0.15) is 6.54 Å². The molecule has 0 spiro atoms. The lowest BCUT2D eigenvalue weighted by atomic mass is 10.2. The number of amides is 1. The lowest BCUT2D eigenvalue weighted by Gasteiger charge is -2.10. The topological polar surface area (TPSA) is 72.7 Å². The highest BCUT2D eigenvalue weighted by Crippen LogP contribution is 2.16. The Hall–Kier alpha value is -1.95. The number of nitrogens with zero attached hydrogens (tertiary/aromatic N) is 4. The van der Waals surface area contributed by atoms with Crippen LogP contribution in [0.15, 0.2) is 24.3 Å². The lowest BCUT2D eigenvalue weighted by molar-refractivity contribution is -0.122. The average Bonchev–Trinajstić information content (AvgIpc) is 2.87. The van der Waals surface area contributed by atoms with E-state index < -0.39 is 0 Å². The van der Waals surface area contributed by atoms with Crippen LogP contribution in [0.2, 0.25) is 5.02 Å². The number of carbonyl (C=O) groups excluding carboxylic acids is 1. The third-order valence-corrected chi connectivity index (χ3v) is 3.11. The van der Waals surface area contributed by atoms with E-state index in [-0.39, 0.29) is 18.5 Å². The van der Waals surface area contributed by atoms with Crippen LogP contribution in [0.4, 0.5) is 0 Å². The third kappa shape index (κ3) is 3.77. The molecular weight excluding hydrogens is 278 g/mol. The molecule has 0 bridgehead atoms. The van der Waals surface area contributed by atoms with Crippen LogP contribution < -0.4 is 5.32 Å². The van der Waals surface area contributed by atoms with Gasteiger partial charge >= 0.3 is 0 Å². The second-order valence-corrected chi connectivity index (χ2v) is 4.96. The van der Waals surface area contributed by atoms with Crippen molar-refractivity contribution in [1.29, 1.82) is 0 Å². The van der Waals surface area contributed by atoms with E-state index in [1.54, 1.807) is 12.1 Å². The molecule has 0 saturated heterocycles. The summed E-state index contributed by atoms with van der Waals surface area (Å²) in [5, 5.41) is 15.5. The van der Waals surface area contributed by atoms with Crippen LogP contribution in [0.3, 0.4) is 0 Å². The van der Waals surface area contributed by atoms with Gasteiger partial charge in [0.15, 0.2) is 0 Å². The van der Waals surface area contributed by atoms with E-state index in [1.807, 2.05) is 26.0 Å². The summed E-state index contributed by atoms with van der Waals surface area (Å²) in [4.78, 5) is 13.0. The van der Waals surface area contributed by atoms with Crippen molar-refractivity contribution < 1.29 is 4.79 Å². The van der Waals surface area contributed by atoms with Crippen LogP contribution in [-0.4, -0.2) is 32.2 Å². The number of aromatic nitrogens is 4. The summed E-state index contributed by atoms with van der Waals surface area (Å²) in [6.07, 6.45) is 0.881. The summed E-state index contributed by atoms with van der Waals surface area (Å²) in [6.45, 7) is 4.02. The minimum Gasteiger partial charge on any atom is -0.352 e. The molecule has 0 radical (unpaired) electrons. The van der Waals surface area contributed by atoms with Gasteiger partial charge in [-0.1, -0.05) is 18.5 Å². The monoisotopic (exact) mass is 293 g/mol. The zero-order chi connectivity index (χ0) is 14.5. The largest absolute Gasteiger partial charge is 0.352 e. The molecule has 0 aliphatic heterocycles. The standard InChI is InChI=1S/C13H16ClN5O/c1-3-9(2)15-12(20)8-19-17-13(16-18-19)10-4-6-11(14)7-5-10/h4-7,9H,3,8H2,1-2H3,(H,15,20)/t9-/m0/s1. The molecule has 106 valence electrons. The van der Waals surface area contributed by atoms with Crippen molar-refractivity contribution in [2.24, 2.45) is 0 Å². The molecule has 1 heterocycles. The zero-order valence-electron chi connectivity index (χ0n) is 11.4. The van der Waals surface area contributed by atoms with Crippen molar-refractivity contribution in [3.63, 3.8) is 0 Å². The molecule has 0 saturated carbocycles. The molecule has 1 aromatic carbocycles. The van der Waals surface area contributed by atoms with Gasteiger partial charge in [-0.15, -0.1) is 10.2 Å². The minimum atomic E-state index is -0.126. The molecule has 1 aromatic heterocycles. The fraction of sp³-hybridized carbons (Fsp3) is 0.385. The van der Waals surface area contributed by atoms with Gasteiger partial charge < -0.3 is 5.32 Å². The maximum Gasteiger partial charge on any atom is 0.243 e. The molecule has 1 atom stereocenters. The predicted molar refractivity (Wildman–Crippen MR) is 76.2 cm³/mol. The number of rotatable bonds is 5. The second kappa shape index (κ2) is 6.47. The maximum atomic E-state index is 11.7. The minimum absolute atomic E-state index is 0.0604. The van der Waals surface area contributed by atoms with E-state index in [9.17, 15) is 4.79 Å². The van der Waals surface area contributed by atoms with Crippen LogP contribution in [-0.2, 0) is 11.3 Å². The normalized spacial score (nSPS) is 12.2. The highest BCUT2D eigenvalue weighted by molar-refractivity contribution is 6.30. The Bertz CT molecular complexity index is 581. The number of nitrogens with one attached hydrogen (secondary N) is 1. The van der Waals surface area contributed by atoms with Gasteiger partial charge in [0.2, 0.25) is 11.7 Å². The zero-order valence-corrected chi connectivity index (χ0v) is 12.1. The Morgan fingerprint density at radius 3 is 2.75 bits per heavy atom. The first-order valence-electron chi connectivity index (χ1n) is 6.41. The van der Waals surface area contributed by atoms with E-state index in [2.05, 4.69) is 20.7 Å². The number of hydrogen-bond donors (Lipinski definition) is 1. The highest BCUT2D eigenvalue weighted by atomic mass is 35.5. The smallest absolute Gasteiger partial charge is 0.243 e. The maximum absolute atomic E-state index is 11.7. The molecule has 1 N–H and O–H groups in total. The molecule has 2 rings (SSSR count). The molecule has 0 aliphatic rings. The van der Waals surface area contributed by atoms with E-state index in [1.165, 1.54) is 4.80 Å². The number of tetrazole rings is 1. The van der Waals surface area contributed by atoms with Gasteiger partial charge in [0.25, 0.3) is 0 Å². The first kappa shape index (κ1) is 14.5. The van der Waals surface area contributed by atoms with Gasteiger partial charge in [-0.3, -0.25) is 4.79 Å². The molecule has 6 nitrogen and oxygen atoms in total. The van der Waals surface area contributed by atoms with Crippen molar-refractivity contribution in [2.45, 2.75) is 32.9 Å². The van der Waals surface area contributed by atoms with Crippen LogP contribution in [0.5, 0.6) is 0 Å². The molecular formula is C13H16ClN5O. The van der Waals surface area contributed by atoms with Gasteiger partial charge in [0.05, 0.1) is 0 Å². The van der Waals surface area contributed by atoms with Crippen molar-refractivity contribution in [1.82, 2.24) is 25.5 Å². The van der Waals surface area contributed by atoms with E-state index in [0.29, 0.717) is 10.8 Å². The van der Waals surface area contributed by atoms with Crippen LogP contribution in [0.1, 0.15) is 20.3 Å². The fourth-order valence-electron chi connectivity index (χ4n) is 1.58. The van der Waals surface area contributed by atoms with Gasteiger partial charge in [0, 0.05) is 16.6 Å². The van der Waals surface area contributed by atoms with Gasteiger partial charge in [-0.25, -0.2) is 0 Å². The molecule has 20 heavy (non-hydrogen) atoms. The lowest BCUT2D eigenvalue weighted by Crippen LogP contribution is -2.35. The summed E-state index contributed by atoms with van der Waals surface area (Å²) in [7, 11) is 0. The van der Waals surface area contributed by atoms with E-state index in [0.717, 1.165) is 12.0 Å². The Balaban J connectivity index is 2.02. The SMILES string of the molecule is CC[C@H](C)NC(=O)Cn1nnc(-c2ccc(Cl)cc2)n1. The molecule has 1 amide bonds. The molecule has 0 fully saturated rings. The van der Waals surface area contributed by atoms with Crippen molar-refractivity contribution >= 4 is 17.5 Å². The van der Waals surface area contributed by atoms with Crippen LogP contribution in [0.25, 0.3) is 11.4 Å². The van der Waals surface area contributed by atoms with Crippen LogP contribution in [0, 0.1) is 0 Å². The van der Waals surface area contributed by atoms with Crippen molar-refractivity contribution in [3.05, 3.63) is 29.3 Å². The number of benzene rings is 1. The first-order chi connectivity index (χ1) is 9.58. The number of hydrogen-bond acceptors (Lipinski definition) is 4. The summed E-state index contributed by atoms with van der Waals surface area (Å²) < 4.78 is 0. The van der Waals surface area contributed by atoms with Crippen LogP contribution >= 0.6 is 11.6 Å². The number of halogens is 1. The number of carbonyl (C=O) groups is 1. The summed E-state index contributed by atoms with van der Waals surface area (Å²) in [5.74, 6) is 0.345. The molecule has 7 heteroatoms. The predicted octanol–water partition coefficient (Wildman–Crippen LogP) is 1.91. The Kier molecular flexibility index (Phi) is 4.68. The van der Waals surface area contributed by atoms with E-state index >= 15 is 0 Å². The molecule has 2 aromatic rings. The highest BCUT2D eigenvalue weighted by Gasteiger charge is 2.10. The van der Waals surface area contributed by atoms with Gasteiger partial charge in [-0.05, 0) is 42.8 Å². The van der Waals surface area contributed by atoms with Crippen molar-refractivity contribution in [3.8, 4) is 11.4 Å². The van der Waals surface area contributed by atoms with E-state index in [4.69, 9.17) is 11.6 Å². The average molecular weight is 294 g/mol. The third-order valence-electron chi connectivity index (χ3n) is 2.86. The summed E-state index contributed by atoms with van der Waals surface area (Å²) in [5.41, 5.74) is 0.808. The molecule has 0 aliphatic carbocycles. The van der Waals surface area contributed by atoms with Crippen molar-refractivity contribution in [2.75, 3.05) is 0 Å². The van der Waals surface area contributed by atoms with Gasteiger partial charge in [-0.2, -0.15) is 4.80 Å². The Morgan fingerprint density at radius 1 is 1.40 bits per heavy atom. The fourth-order valence-corrected chi connectivity index (χ4v) is 1.70. The summed E-state index contributed by atoms with van der Waals surface area (Å²) in [6, 6.07) is 7.27. The Morgan fingerprint density at radius 2 is 2.10 bits per heavy atom.